The lowest BCUT2D eigenvalue weighted by Crippen LogP contribution is -2.22. The first kappa shape index (κ1) is 22.0. The summed E-state index contributed by atoms with van der Waals surface area (Å²) in [6.07, 6.45) is 1.60. The van der Waals surface area contributed by atoms with E-state index in [-0.39, 0.29) is 5.56 Å². The second-order valence-electron chi connectivity index (χ2n) is 6.95. The number of aromatic nitrogens is 2. The second kappa shape index (κ2) is 10.4. The van der Waals surface area contributed by atoms with Gasteiger partial charge in [-0.25, -0.2) is 9.48 Å². The minimum absolute atomic E-state index is 0.286. The van der Waals surface area contributed by atoms with Crippen LogP contribution in [0, 0.1) is 6.92 Å². The highest BCUT2D eigenvalue weighted by molar-refractivity contribution is 5.95. The number of anilines is 1. The minimum Gasteiger partial charge on any atom is -0.496 e. The molecule has 1 aromatic heterocycles. The van der Waals surface area contributed by atoms with E-state index < -0.39 is 18.5 Å². The zero-order valence-corrected chi connectivity index (χ0v) is 17.8. The number of methoxy groups -OCH3 is 2. The fourth-order valence-corrected chi connectivity index (χ4v) is 3.09. The lowest BCUT2D eigenvalue weighted by atomic mass is 10.1. The molecule has 0 saturated carbocycles. The van der Waals surface area contributed by atoms with Gasteiger partial charge in [0.05, 0.1) is 32.0 Å². The van der Waals surface area contributed by atoms with Crippen LogP contribution in [-0.2, 0) is 27.4 Å². The molecule has 0 saturated heterocycles. The first-order valence-electron chi connectivity index (χ1n) is 9.70. The molecule has 0 radical (unpaired) electrons. The average molecular weight is 423 g/mol. The summed E-state index contributed by atoms with van der Waals surface area (Å²) < 4.78 is 17.2. The standard InChI is InChI=1S/C23H25N3O5/c1-16-5-4-6-17(11-16)13-26-21(9-10-24-26)25-22(27)15-31-23(28)18-7-8-19(14-29-2)20(12-18)30-3/h4-12H,13-15H2,1-3H3,(H,25,27). The SMILES string of the molecule is COCc1ccc(C(=O)OCC(=O)Nc2ccnn2Cc2cccc(C)c2)cc1OC. The summed E-state index contributed by atoms with van der Waals surface area (Å²) in [5, 5.41) is 6.97. The third kappa shape index (κ3) is 5.93. The van der Waals surface area contributed by atoms with Gasteiger partial charge in [-0.05, 0) is 24.6 Å². The molecular formula is C23H25N3O5. The van der Waals surface area contributed by atoms with Crippen molar-refractivity contribution in [2.24, 2.45) is 0 Å². The predicted molar refractivity (Wildman–Crippen MR) is 115 cm³/mol. The Labute approximate surface area is 180 Å². The number of ether oxygens (including phenoxy) is 3. The van der Waals surface area contributed by atoms with E-state index in [9.17, 15) is 9.59 Å². The Kier molecular flexibility index (Phi) is 7.40. The number of rotatable bonds is 9. The number of hydrogen-bond acceptors (Lipinski definition) is 6. The van der Waals surface area contributed by atoms with Gasteiger partial charge in [0.25, 0.3) is 5.91 Å². The molecule has 3 rings (SSSR count). The maximum atomic E-state index is 12.3. The van der Waals surface area contributed by atoms with Crippen LogP contribution in [0.25, 0.3) is 0 Å². The van der Waals surface area contributed by atoms with E-state index in [0.717, 1.165) is 16.7 Å². The molecule has 0 bridgehead atoms. The molecule has 8 nitrogen and oxygen atoms in total. The highest BCUT2D eigenvalue weighted by atomic mass is 16.5. The third-order valence-electron chi connectivity index (χ3n) is 4.56. The van der Waals surface area contributed by atoms with E-state index in [1.54, 1.807) is 42.3 Å². The summed E-state index contributed by atoms with van der Waals surface area (Å²) in [6.45, 7) is 2.47. The van der Waals surface area contributed by atoms with Crippen LogP contribution in [-0.4, -0.2) is 42.5 Å². The number of amides is 1. The molecule has 0 aliphatic heterocycles. The molecule has 1 N–H and O–H groups in total. The average Bonchev–Trinajstić information content (AvgIpc) is 3.18. The van der Waals surface area contributed by atoms with Gasteiger partial charge < -0.3 is 19.5 Å². The van der Waals surface area contributed by atoms with E-state index >= 15 is 0 Å². The van der Waals surface area contributed by atoms with Gasteiger partial charge in [0.1, 0.15) is 11.6 Å². The molecule has 0 atom stereocenters. The number of nitrogens with zero attached hydrogens (tertiary/aromatic N) is 2. The maximum absolute atomic E-state index is 12.3. The van der Waals surface area contributed by atoms with E-state index in [1.165, 1.54) is 7.11 Å². The van der Waals surface area contributed by atoms with Crippen molar-refractivity contribution in [3.05, 3.63) is 77.0 Å². The van der Waals surface area contributed by atoms with Crippen molar-refractivity contribution in [3.63, 3.8) is 0 Å². The van der Waals surface area contributed by atoms with Crippen LogP contribution >= 0.6 is 0 Å². The van der Waals surface area contributed by atoms with Crippen LogP contribution in [0.5, 0.6) is 5.75 Å². The molecule has 0 aliphatic carbocycles. The molecule has 162 valence electrons. The molecule has 1 amide bonds. The van der Waals surface area contributed by atoms with Gasteiger partial charge in [-0.2, -0.15) is 5.10 Å². The monoisotopic (exact) mass is 423 g/mol. The number of nitrogens with one attached hydrogen (secondary N) is 1. The molecular weight excluding hydrogens is 398 g/mol. The normalized spacial score (nSPS) is 10.5. The van der Waals surface area contributed by atoms with Crippen molar-refractivity contribution in [2.45, 2.75) is 20.1 Å². The van der Waals surface area contributed by atoms with Crippen molar-refractivity contribution in [2.75, 3.05) is 26.1 Å². The third-order valence-corrected chi connectivity index (χ3v) is 4.56. The van der Waals surface area contributed by atoms with Gasteiger partial charge in [-0.3, -0.25) is 4.79 Å². The Morgan fingerprint density at radius 3 is 2.68 bits per heavy atom. The van der Waals surface area contributed by atoms with Crippen molar-refractivity contribution in [1.29, 1.82) is 0 Å². The van der Waals surface area contributed by atoms with Crippen LogP contribution < -0.4 is 10.1 Å². The van der Waals surface area contributed by atoms with Crippen molar-refractivity contribution < 1.29 is 23.8 Å². The first-order valence-corrected chi connectivity index (χ1v) is 9.70. The zero-order valence-electron chi connectivity index (χ0n) is 17.8. The molecule has 3 aromatic rings. The van der Waals surface area contributed by atoms with Crippen molar-refractivity contribution in [3.8, 4) is 5.75 Å². The lowest BCUT2D eigenvalue weighted by molar-refractivity contribution is -0.119. The number of esters is 1. The molecule has 2 aromatic carbocycles. The molecule has 0 fully saturated rings. The van der Waals surface area contributed by atoms with E-state index in [0.29, 0.717) is 24.7 Å². The van der Waals surface area contributed by atoms with Gasteiger partial charge in [-0.1, -0.05) is 35.9 Å². The lowest BCUT2D eigenvalue weighted by Gasteiger charge is -2.11. The Balaban J connectivity index is 1.57. The molecule has 8 heteroatoms. The largest absolute Gasteiger partial charge is 0.496 e. The summed E-state index contributed by atoms with van der Waals surface area (Å²) in [7, 11) is 3.09. The summed E-state index contributed by atoms with van der Waals surface area (Å²) in [5.41, 5.74) is 3.31. The second-order valence-corrected chi connectivity index (χ2v) is 6.95. The number of carbonyl (C=O) groups is 2. The maximum Gasteiger partial charge on any atom is 0.338 e. The van der Waals surface area contributed by atoms with Crippen LogP contribution in [0.3, 0.4) is 0 Å². The minimum atomic E-state index is -0.620. The van der Waals surface area contributed by atoms with Gasteiger partial charge in [0, 0.05) is 18.7 Å². The molecule has 1 heterocycles. The number of aryl methyl sites for hydroxylation is 1. The van der Waals surface area contributed by atoms with Gasteiger partial charge in [0.2, 0.25) is 0 Å². The van der Waals surface area contributed by atoms with Crippen LogP contribution in [0.15, 0.2) is 54.7 Å². The fraction of sp³-hybridized carbons (Fsp3) is 0.261. The highest BCUT2D eigenvalue weighted by Gasteiger charge is 2.14. The van der Waals surface area contributed by atoms with Gasteiger partial charge in [0.15, 0.2) is 6.61 Å². The molecule has 0 aliphatic rings. The number of carbonyl (C=O) groups excluding carboxylic acids is 2. The summed E-state index contributed by atoms with van der Waals surface area (Å²) in [4.78, 5) is 24.6. The zero-order chi connectivity index (χ0) is 22.2. The summed E-state index contributed by atoms with van der Waals surface area (Å²) >= 11 is 0. The molecule has 0 unspecified atom stereocenters. The Morgan fingerprint density at radius 1 is 1.10 bits per heavy atom. The molecule has 31 heavy (non-hydrogen) atoms. The van der Waals surface area contributed by atoms with Crippen molar-refractivity contribution in [1.82, 2.24) is 9.78 Å². The number of benzene rings is 2. The Bertz CT molecular complexity index is 1060. The Hall–Kier alpha value is -3.65. The number of hydrogen-bond donors (Lipinski definition) is 1. The smallest absolute Gasteiger partial charge is 0.338 e. The van der Waals surface area contributed by atoms with E-state index in [2.05, 4.69) is 16.5 Å². The topological polar surface area (TPSA) is 91.7 Å². The van der Waals surface area contributed by atoms with E-state index in [1.807, 2.05) is 25.1 Å². The first-order chi connectivity index (χ1) is 15.0. The van der Waals surface area contributed by atoms with Crippen LogP contribution in [0.4, 0.5) is 5.82 Å². The summed E-state index contributed by atoms with van der Waals surface area (Å²) in [5.74, 6) is -0.0399. The molecule has 0 spiro atoms. The van der Waals surface area contributed by atoms with Crippen LogP contribution in [0.1, 0.15) is 27.0 Å². The van der Waals surface area contributed by atoms with Crippen molar-refractivity contribution >= 4 is 17.7 Å². The Morgan fingerprint density at radius 2 is 1.94 bits per heavy atom. The van der Waals surface area contributed by atoms with Gasteiger partial charge >= 0.3 is 5.97 Å². The quantitative estimate of drug-likeness (QED) is 0.532. The summed E-state index contributed by atoms with van der Waals surface area (Å²) in [6, 6.07) is 14.6. The van der Waals surface area contributed by atoms with Gasteiger partial charge in [-0.15, -0.1) is 0 Å². The predicted octanol–water partition coefficient (Wildman–Crippen LogP) is 3.19. The highest BCUT2D eigenvalue weighted by Crippen LogP contribution is 2.21. The van der Waals surface area contributed by atoms with E-state index in [4.69, 9.17) is 14.2 Å². The van der Waals surface area contributed by atoms with Crippen LogP contribution in [0.2, 0.25) is 0 Å². The fourth-order valence-electron chi connectivity index (χ4n) is 3.09.